The van der Waals surface area contributed by atoms with Crippen molar-refractivity contribution in [3.63, 3.8) is 0 Å². The maximum atomic E-state index is 5.93. The van der Waals surface area contributed by atoms with Crippen LogP contribution in [0.15, 0.2) is 24.3 Å². The molecule has 0 heterocycles. The van der Waals surface area contributed by atoms with Crippen molar-refractivity contribution < 1.29 is 0 Å². The van der Waals surface area contributed by atoms with E-state index in [0.717, 1.165) is 0 Å². The minimum Gasteiger partial charge on any atom is -0.312 e. The third-order valence-corrected chi connectivity index (χ3v) is 1.94. The van der Waals surface area contributed by atoms with Gasteiger partial charge in [0.2, 0.25) is 0 Å². The minimum atomic E-state index is 0.00454. The van der Waals surface area contributed by atoms with Crippen molar-refractivity contribution in [3.8, 4) is 0 Å². The van der Waals surface area contributed by atoms with Gasteiger partial charge < -0.3 is 5.73 Å². The second-order valence-electron chi connectivity index (χ2n) is 3.32. The van der Waals surface area contributed by atoms with Gasteiger partial charge in [0.15, 0.2) is 0 Å². The van der Waals surface area contributed by atoms with Crippen molar-refractivity contribution in [2.24, 2.45) is 5.73 Å². The van der Waals surface area contributed by atoms with E-state index in [9.17, 15) is 0 Å². The zero-order valence-corrected chi connectivity index (χ0v) is 7.91. The van der Waals surface area contributed by atoms with Gasteiger partial charge in [-0.2, -0.15) is 0 Å². The highest BCUT2D eigenvalue weighted by atomic mass is 15.2. The predicted octanol–water partition coefficient (Wildman–Crippen LogP) is 1.51. The van der Waals surface area contributed by atoms with Crippen LogP contribution in [0.4, 0.5) is 0 Å². The summed E-state index contributed by atoms with van der Waals surface area (Å²) in [4.78, 5) is 1.99. The van der Waals surface area contributed by atoms with Crippen LogP contribution in [0.5, 0.6) is 0 Å². The monoisotopic (exact) mass is 164 g/mol. The lowest BCUT2D eigenvalue weighted by Crippen LogP contribution is -2.27. The zero-order chi connectivity index (χ0) is 9.14. The molecule has 2 N–H and O–H groups in total. The van der Waals surface area contributed by atoms with Gasteiger partial charge in [-0.05, 0) is 26.6 Å². The van der Waals surface area contributed by atoms with Gasteiger partial charge in [-0.25, -0.2) is 0 Å². The Morgan fingerprint density at radius 1 is 1.33 bits per heavy atom. The number of rotatable bonds is 2. The van der Waals surface area contributed by atoms with Crippen LogP contribution < -0.4 is 5.73 Å². The fourth-order valence-electron chi connectivity index (χ4n) is 1.15. The van der Waals surface area contributed by atoms with Crippen LogP contribution in [0, 0.1) is 6.92 Å². The summed E-state index contributed by atoms with van der Waals surface area (Å²) in [6, 6.07) is 8.28. The van der Waals surface area contributed by atoms with Gasteiger partial charge in [0.25, 0.3) is 0 Å². The molecule has 1 aromatic rings. The van der Waals surface area contributed by atoms with Crippen molar-refractivity contribution in [2.45, 2.75) is 13.1 Å². The summed E-state index contributed by atoms with van der Waals surface area (Å²) in [5.41, 5.74) is 8.35. The molecule has 0 spiro atoms. The third kappa shape index (κ3) is 2.06. The Hall–Kier alpha value is -0.860. The number of nitrogens with two attached hydrogens (primary N) is 1. The summed E-state index contributed by atoms with van der Waals surface area (Å²) < 4.78 is 0. The van der Waals surface area contributed by atoms with Gasteiger partial charge in [0.1, 0.15) is 0 Å². The molecule has 0 radical (unpaired) electrons. The highest BCUT2D eigenvalue weighted by molar-refractivity contribution is 5.24. The minimum absolute atomic E-state index is 0.00454. The van der Waals surface area contributed by atoms with Gasteiger partial charge in [-0.15, -0.1) is 0 Å². The molecule has 0 bridgehead atoms. The number of hydrogen-bond donors (Lipinski definition) is 1. The van der Waals surface area contributed by atoms with Crippen molar-refractivity contribution in [1.29, 1.82) is 0 Å². The zero-order valence-electron chi connectivity index (χ0n) is 7.91. The Bertz CT molecular complexity index is 256. The van der Waals surface area contributed by atoms with Crippen molar-refractivity contribution in [1.82, 2.24) is 4.90 Å². The van der Waals surface area contributed by atoms with Crippen molar-refractivity contribution in [2.75, 3.05) is 14.1 Å². The van der Waals surface area contributed by atoms with E-state index in [2.05, 4.69) is 25.1 Å². The number of nitrogens with zero attached hydrogens (tertiary/aromatic N) is 1. The molecule has 1 aromatic carbocycles. The summed E-state index contributed by atoms with van der Waals surface area (Å²) in [6.45, 7) is 2.08. The number of hydrogen-bond acceptors (Lipinski definition) is 2. The van der Waals surface area contributed by atoms with E-state index in [1.807, 2.05) is 25.1 Å². The molecular formula is C10H16N2. The standard InChI is InChI=1S/C10H16N2/c1-8-5-4-6-9(7-8)10(11)12(2)3/h4-7,10H,11H2,1-3H3. The Kier molecular flexibility index (Phi) is 2.84. The topological polar surface area (TPSA) is 29.3 Å². The molecule has 0 fully saturated rings. The van der Waals surface area contributed by atoms with E-state index >= 15 is 0 Å². The fraction of sp³-hybridized carbons (Fsp3) is 0.400. The third-order valence-electron chi connectivity index (χ3n) is 1.94. The lowest BCUT2D eigenvalue weighted by molar-refractivity contribution is 0.307. The van der Waals surface area contributed by atoms with Crippen LogP contribution in [-0.4, -0.2) is 19.0 Å². The van der Waals surface area contributed by atoms with Gasteiger partial charge in [-0.1, -0.05) is 29.8 Å². The summed E-state index contributed by atoms with van der Waals surface area (Å²) >= 11 is 0. The molecule has 0 saturated heterocycles. The normalized spacial score (nSPS) is 13.4. The lowest BCUT2D eigenvalue weighted by Gasteiger charge is -2.20. The van der Waals surface area contributed by atoms with E-state index in [1.54, 1.807) is 0 Å². The SMILES string of the molecule is Cc1cccc(C(N)N(C)C)c1. The lowest BCUT2D eigenvalue weighted by atomic mass is 10.1. The largest absolute Gasteiger partial charge is 0.312 e. The van der Waals surface area contributed by atoms with Crippen LogP contribution in [-0.2, 0) is 0 Å². The Labute approximate surface area is 74.0 Å². The molecule has 1 unspecified atom stereocenters. The van der Waals surface area contributed by atoms with E-state index in [-0.39, 0.29) is 6.17 Å². The molecule has 0 aliphatic carbocycles. The van der Waals surface area contributed by atoms with Gasteiger partial charge in [0.05, 0.1) is 6.17 Å². The molecule has 0 aromatic heterocycles. The highest BCUT2D eigenvalue weighted by Gasteiger charge is 2.06. The van der Waals surface area contributed by atoms with E-state index in [1.165, 1.54) is 11.1 Å². The van der Waals surface area contributed by atoms with Crippen molar-refractivity contribution in [3.05, 3.63) is 35.4 Å². The average Bonchev–Trinajstić information content (AvgIpc) is 2.03. The molecule has 2 heteroatoms. The summed E-state index contributed by atoms with van der Waals surface area (Å²) in [5, 5.41) is 0. The number of benzene rings is 1. The Morgan fingerprint density at radius 2 is 2.00 bits per heavy atom. The van der Waals surface area contributed by atoms with Crippen molar-refractivity contribution >= 4 is 0 Å². The molecule has 12 heavy (non-hydrogen) atoms. The van der Waals surface area contributed by atoms with Gasteiger partial charge in [0, 0.05) is 0 Å². The maximum absolute atomic E-state index is 5.93. The second-order valence-corrected chi connectivity index (χ2v) is 3.32. The smallest absolute Gasteiger partial charge is 0.0830 e. The first-order chi connectivity index (χ1) is 5.61. The Morgan fingerprint density at radius 3 is 2.50 bits per heavy atom. The average molecular weight is 164 g/mol. The highest BCUT2D eigenvalue weighted by Crippen LogP contribution is 2.13. The van der Waals surface area contributed by atoms with Gasteiger partial charge >= 0.3 is 0 Å². The van der Waals surface area contributed by atoms with Crippen LogP contribution in [0.1, 0.15) is 17.3 Å². The van der Waals surface area contributed by atoms with E-state index < -0.39 is 0 Å². The molecule has 2 nitrogen and oxygen atoms in total. The van der Waals surface area contributed by atoms with Gasteiger partial charge in [-0.3, -0.25) is 4.90 Å². The van der Waals surface area contributed by atoms with Crippen LogP contribution in [0.3, 0.4) is 0 Å². The molecule has 66 valence electrons. The summed E-state index contributed by atoms with van der Waals surface area (Å²) in [5.74, 6) is 0. The summed E-state index contributed by atoms with van der Waals surface area (Å²) in [7, 11) is 3.96. The van der Waals surface area contributed by atoms with Crippen LogP contribution in [0.25, 0.3) is 0 Å². The quantitative estimate of drug-likeness (QED) is 0.671. The molecule has 0 aliphatic rings. The van der Waals surface area contributed by atoms with Crippen LogP contribution in [0.2, 0.25) is 0 Å². The molecule has 1 rings (SSSR count). The predicted molar refractivity (Wildman–Crippen MR) is 51.8 cm³/mol. The maximum Gasteiger partial charge on any atom is 0.0830 e. The first kappa shape index (κ1) is 9.23. The fourth-order valence-corrected chi connectivity index (χ4v) is 1.15. The molecular weight excluding hydrogens is 148 g/mol. The number of aryl methyl sites for hydroxylation is 1. The Balaban J connectivity index is 2.88. The van der Waals surface area contributed by atoms with Crippen LogP contribution >= 0.6 is 0 Å². The molecule has 0 aliphatic heterocycles. The molecule has 0 amide bonds. The second kappa shape index (κ2) is 3.70. The first-order valence-electron chi connectivity index (χ1n) is 4.10. The van der Waals surface area contributed by atoms with E-state index in [4.69, 9.17) is 5.73 Å². The first-order valence-corrected chi connectivity index (χ1v) is 4.10. The summed E-state index contributed by atoms with van der Waals surface area (Å²) in [6.07, 6.45) is 0.00454. The van der Waals surface area contributed by atoms with E-state index in [0.29, 0.717) is 0 Å². The molecule has 1 atom stereocenters. The molecule has 0 saturated carbocycles.